The lowest BCUT2D eigenvalue weighted by Crippen LogP contribution is -2.18. The maximum absolute atomic E-state index is 13.1. The van der Waals surface area contributed by atoms with Gasteiger partial charge in [0.2, 0.25) is 0 Å². The monoisotopic (exact) mass is 183 g/mol. The van der Waals surface area contributed by atoms with E-state index in [1.165, 1.54) is 13.2 Å². The van der Waals surface area contributed by atoms with Crippen LogP contribution in [0.5, 0.6) is 5.75 Å². The number of rotatable bonds is 3. The Morgan fingerprint density at radius 2 is 2.23 bits per heavy atom. The molecule has 0 heterocycles. The van der Waals surface area contributed by atoms with Gasteiger partial charge in [-0.2, -0.15) is 0 Å². The van der Waals surface area contributed by atoms with Crippen LogP contribution < -0.4 is 10.5 Å². The molecule has 1 aromatic carbocycles. The molecule has 72 valence electrons. The quantitative estimate of drug-likeness (QED) is 0.774. The first kappa shape index (κ1) is 9.99. The van der Waals surface area contributed by atoms with Crippen LogP contribution in [0.15, 0.2) is 18.2 Å². The Balaban J connectivity index is 2.98. The lowest BCUT2D eigenvalue weighted by Gasteiger charge is -2.10. The van der Waals surface area contributed by atoms with Gasteiger partial charge in [0.05, 0.1) is 7.11 Å². The van der Waals surface area contributed by atoms with E-state index < -0.39 is 0 Å². The van der Waals surface area contributed by atoms with Gasteiger partial charge >= 0.3 is 0 Å². The Bertz CT molecular complexity index is 286. The van der Waals surface area contributed by atoms with Crippen LogP contribution in [-0.2, 0) is 6.42 Å². The van der Waals surface area contributed by atoms with Crippen LogP contribution >= 0.6 is 0 Å². The predicted molar refractivity (Wildman–Crippen MR) is 50.3 cm³/mol. The minimum atomic E-state index is -0.333. The summed E-state index contributed by atoms with van der Waals surface area (Å²) in [6, 6.07) is 4.88. The summed E-state index contributed by atoms with van der Waals surface area (Å²) < 4.78 is 18.1. The van der Waals surface area contributed by atoms with Gasteiger partial charge < -0.3 is 10.5 Å². The molecule has 0 saturated carbocycles. The molecule has 0 fully saturated rings. The first-order valence-electron chi connectivity index (χ1n) is 4.22. The number of benzene rings is 1. The van der Waals surface area contributed by atoms with Gasteiger partial charge in [-0.1, -0.05) is 12.1 Å². The van der Waals surface area contributed by atoms with E-state index in [-0.39, 0.29) is 11.9 Å². The predicted octanol–water partition coefficient (Wildman–Crippen LogP) is 1.72. The van der Waals surface area contributed by atoms with Crippen molar-refractivity contribution in [3.8, 4) is 5.75 Å². The first-order chi connectivity index (χ1) is 6.15. The SMILES string of the molecule is COc1c(F)cccc1C[C@@H](C)N. The zero-order valence-electron chi connectivity index (χ0n) is 7.88. The van der Waals surface area contributed by atoms with Gasteiger partial charge in [0, 0.05) is 6.04 Å². The van der Waals surface area contributed by atoms with E-state index in [0.29, 0.717) is 12.2 Å². The van der Waals surface area contributed by atoms with Crippen molar-refractivity contribution < 1.29 is 9.13 Å². The number of para-hydroxylation sites is 1. The summed E-state index contributed by atoms with van der Waals surface area (Å²) in [5.74, 6) is -0.0274. The summed E-state index contributed by atoms with van der Waals surface area (Å²) in [6.45, 7) is 1.88. The van der Waals surface area contributed by atoms with Crippen LogP contribution in [-0.4, -0.2) is 13.2 Å². The summed E-state index contributed by atoms with van der Waals surface area (Å²) in [7, 11) is 1.46. The highest BCUT2D eigenvalue weighted by Crippen LogP contribution is 2.22. The summed E-state index contributed by atoms with van der Waals surface area (Å²) in [5, 5.41) is 0. The highest BCUT2D eigenvalue weighted by atomic mass is 19.1. The van der Waals surface area contributed by atoms with Gasteiger partial charge in [0.1, 0.15) is 0 Å². The lowest BCUT2D eigenvalue weighted by atomic mass is 10.1. The maximum atomic E-state index is 13.1. The van der Waals surface area contributed by atoms with Crippen molar-refractivity contribution in [1.82, 2.24) is 0 Å². The third kappa shape index (κ3) is 2.42. The van der Waals surface area contributed by atoms with Crippen molar-refractivity contribution in [2.45, 2.75) is 19.4 Å². The van der Waals surface area contributed by atoms with Crippen LogP contribution in [0.25, 0.3) is 0 Å². The number of methoxy groups -OCH3 is 1. The lowest BCUT2D eigenvalue weighted by molar-refractivity contribution is 0.380. The Labute approximate surface area is 77.5 Å². The van der Waals surface area contributed by atoms with Gasteiger partial charge in [-0.25, -0.2) is 4.39 Å². The second-order valence-electron chi connectivity index (χ2n) is 3.11. The number of nitrogens with two attached hydrogens (primary N) is 1. The molecule has 2 nitrogen and oxygen atoms in total. The van der Waals surface area contributed by atoms with E-state index >= 15 is 0 Å². The molecule has 0 aliphatic carbocycles. The average molecular weight is 183 g/mol. The van der Waals surface area contributed by atoms with Gasteiger partial charge in [0.25, 0.3) is 0 Å². The van der Waals surface area contributed by atoms with Gasteiger partial charge in [-0.05, 0) is 25.0 Å². The van der Waals surface area contributed by atoms with Crippen LogP contribution in [0.3, 0.4) is 0 Å². The van der Waals surface area contributed by atoms with Crippen molar-refractivity contribution >= 4 is 0 Å². The zero-order valence-corrected chi connectivity index (χ0v) is 7.88. The van der Waals surface area contributed by atoms with E-state index in [4.69, 9.17) is 10.5 Å². The zero-order chi connectivity index (χ0) is 9.84. The molecule has 13 heavy (non-hydrogen) atoms. The Morgan fingerprint density at radius 3 is 2.77 bits per heavy atom. The average Bonchev–Trinajstić information content (AvgIpc) is 2.03. The van der Waals surface area contributed by atoms with Gasteiger partial charge in [-0.15, -0.1) is 0 Å². The van der Waals surface area contributed by atoms with Crippen molar-refractivity contribution in [3.05, 3.63) is 29.6 Å². The van der Waals surface area contributed by atoms with Gasteiger partial charge in [-0.3, -0.25) is 0 Å². The van der Waals surface area contributed by atoms with Crippen molar-refractivity contribution in [3.63, 3.8) is 0 Å². The van der Waals surface area contributed by atoms with E-state index in [1.807, 2.05) is 13.0 Å². The van der Waals surface area contributed by atoms with Gasteiger partial charge in [0.15, 0.2) is 11.6 Å². The molecule has 3 heteroatoms. The molecular weight excluding hydrogens is 169 g/mol. The molecule has 0 radical (unpaired) electrons. The molecule has 1 atom stereocenters. The summed E-state index contributed by atoms with van der Waals surface area (Å²) in [4.78, 5) is 0. The molecule has 0 unspecified atom stereocenters. The second-order valence-corrected chi connectivity index (χ2v) is 3.11. The minimum absolute atomic E-state index is 0.00991. The standard InChI is InChI=1S/C10H14FNO/c1-7(12)6-8-4-3-5-9(11)10(8)13-2/h3-5,7H,6,12H2,1-2H3/t7-/m1/s1. The van der Waals surface area contributed by atoms with E-state index in [9.17, 15) is 4.39 Å². The third-order valence-corrected chi connectivity index (χ3v) is 1.79. The number of hydrogen-bond donors (Lipinski definition) is 1. The van der Waals surface area contributed by atoms with E-state index in [2.05, 4.69) is 0 Å². The van der Waals surface area contributed by atoms with Crippen LogP contribution in [0.1, 0.15) is 12.5 Å². The molecule has 0 bridgehead atoms. The molecule has 1 aromatic rings. The molecule has 0 aliphatic rings. The summed E-state index contributed by atoms with van der Waals surface area (Å²) in [5.41, 5.74) is 6.44. The molecule has 0 saturated heterocycles. The molecule has 2 N–H and O–H groups in total. The van der Waals surface area contributed by atoms with E-state index in [0.717, 1.165) is 5.56 Å². The maximum Gasteiger partial charge on any atom is 0.165 e. The van der Waals surface area contributed by atoms with Crippen molar-refractivity contribution in [2.24, 2.45) is 5.73 Å². The molecule has 0 aromatic heterocycles. The van der Waals surface area contributed by atoms with E-state index in [1.54, 1.807) is 6.07 Å². The summed E-state index contributed by atoms with van der Waals surface area (Å²) >= 11 is 0. The van der Waals surface area contributed by atoms with Crippen LogP contribution in [0.2, 0.25) is 0 Å². The fourth-order valence-electron chi connectivity index (χ4n) is 1.29. The molecule has 0 amide bonds. The van der Waals surface area contributed by atoms with Crippen LogP contribution in [0, 0.1) is 5.82 Å². The molecular formula is C10H14FNO. The highest BCUT2D eigenvalue weighted by molar-refractivity contribution is 5.35. The molecule has 1 rings (SSSR count). The molecule has 0 aliphatic heterocycles. The van der Waals surface area contributed by atoms with Crippen molar-refractivity contribution in [2.75, 3.05) is 7.11 Å². The summed E-state index contributed by atoms with van der Waals surface area (Å²) in [6.07, 6.45) is 0.626. The second kappa shape index (κ2) is 4.23. The van der Waals surface area contributed by atoms with Crippen LogP contribution in [0.4, 0.5) is 4.39 Å². The third-order valence-electron chi connectivity index (χ3n) is 1.79. The molecule has 0 spiro atoms. The highest BCUT2D eigenvalue weighted by Gasteiger charge is 2.09. The minimum Gasteiger partial charge on any atom is -0.493 e. The Kier molecular flexibility index (Phi) is 3.25. The normalized spacial score (nSPS) is 12.6. The number of ether oxygens (including phenoxy) is 1. The number of halogens is 1. The number of hydrogen-bond acceptors (Lipinski definition) is 2. The van der Waals surface area contributed by atoms with Crippen molar-refractivity contribution in [1.29, 1.82) is 0 Å². The topological polar surface area (TPSA) is 35.2 Å². The fourth-order valence-corrected chi connectivity index (χ4v) is 1.29. The largest absolute Gasteiger partial charge is 0.493 e. The Morgan fingerprint density at radius 1 is 1.54 bits per heavy atom. The smallest absolute Gasteiger partial charge is 0.165 e. The Hall–Kier alpha value is -1.09. The fraction of sp³-hybridized carbons (Fsp3) is 0.400. The first-order valence-corrected chi connectivity index (χ1v) is 4.22.